The number of carbonyl (C=O) groups excluding carboxylic acids is 1. The molecule has 2 aromatic rings. The Labute approximate surface area is 207 Å². The minimum absolute atomic E-state index is 0.0765. The number of rotatable bonds is 11. The van der Waals surface area contributed by atoms with Crippen molar-refractivity contribution in [1.82, 2.24) is 0 Å². The number of ether oxygens (including phenoxy) is 1. The molecule has 0 aromatic heterocycles. The van der Waals surface area contributed by atoms with Crippen LogP contribution < -0.4 is 10.4 Å². The van der Waals surface area contributed by atoms with Gasteiger partial charge in [-0.1, -0.05) is 114 Å². The van der Waals surface area contributed by atoms with Crippen LogP contribution in [-0.2, 0) is 14.0 Å². The quantitative estimate of drug-likeness (QED) is 0.275. The van der Waals surface area contributed by atoms with Crippen LogP contribution in [0.3, 0.4) is 0 Å². The molecule has 1 N–H and O–H groups in total. The van der Waals surface area contributed by atoms with E-state index in [2.05, 4.69) is 76.2 Å². The Balaban J connectivity index is 2.34. The second kappa shape index (κ2) is 12.5. The van der Waals surface area contributed by atoms with E-state index in [0.29, 0.717) is 6.61 Å². The van der Waals surface area contributed by atoms with E-state index in [4.69, 9.17) is 9.16 Å². The lowest BCUT2D eigenvalue weighted by Gasteiger charge is -2.44. The lowest BCUT2D eigenvalue weighted by atomic mass is 9.86. The third-order valence-corrected chi connectivity index (χ3v) is 11.8. The maximum Gasteiger partial charge on any atom is 0.309 e. The summed E-state index contributed by atoms with van der Waals surface area (Å²) in [6.45, 7) is 13.3. The van der Waals surface area contributed by atoms with Crippen LogP contribution >= 0.6 is 0 Å². The fourth-order valence-electron chi connectivity index (χ4n) is 4.78. The Morgan fingerprint density at radius 3 is 1.91 bits per heavy atom. The van der Waals surface area contributed by atoms with Crippen LogP contribution in [0, 0.1) is 11.8 Å². The molecule has 0 unspecified atom stereocenters. The summed E-state index contributed by atoms with van der Waals surface area (Å²) in [5, 5.41) is 13.6. The Hall–Kier alpha value is -2.21. The van der Waals surface area contributed by atoms with Gasteiger partial charge in [-0.3, -0.25) is 4.79 Å². The van der Waals surface area contributed by atoms with E-state index < -0.39 is 14.4 Å². The highest BCUT2D eigenvalue weighted by molar-refractivity contribution is 6.99. The Kier molecular flexibility index (Phi) is 10.3. The van der Waals surface area contributed by atoms with E-state index in [0.717, 1.165) is 12.0 Å². The molecular weight excluding hydrogens is 440 g/mol. The van der Waals surface area contributed by atoms with Crippen molar-refractivity contribution in [2.75, 3.05) is 13.7 Å². The molecule has 2 aromatic carbocycles. The molecule has 0 radical (unpaired) electrons. The van der Waals surface area contributed by atoms with Crippen molar-refractivity contribution >= 4 is 24.7 Å². The van der Waals surface area contributed by atoms with Crippen LogP contribution in [0.2, 0.25) is 5.04 Å². The first-order chi connectivity index (χ1) is 16.1. The molecular formula is C29H42O4Si. The third kappa shape index (κ3) is 6.47. The van der Waals surface area contributed by atoms with Crippen molar-refractivity contribution in [3.8, 4) is 0 Å². The summed E-state index contributed by atoms with van der Waals surface area (Å²) in [7, 11) is -1.26. The fraction of sp³-hybridized carbons (Fsp3) is 0.483. The van der Waals surface area contributed by atoms with Gasteiger partial charge in [0.1, 0.15) is 0 Å². The number of benzene rings is 2. The predicted octanol–water partition coefficient (Wildman–Crippen LogP) is 5.10. The zero-order chi connectivity index (χ0) is 25.4. The average Bonchev–Trinajstić information content (AvgIpc) is 2.84. The van der Waals surface area contributed by atoms with Crippen molar-refractivity contribution in [1.29, 1.82) is 0 Å². The third-order valence-electron chi connectivity index (χ3n) is 6.83. The summed E-state index contributed by atoms with van der Waals surface area (Å²) in [4.78, 5) is 11.6. The molecule has 0 fully saturated rings. The molecule has 0 aliphatic heterocycles. The highest BCUT2D eigenvalue weighted by Crippen LogP contribution is 2.37. The van der Waals surface area contributed by atoms with Crippen LogP contribution in [0.5, 0.6) is 0 Å². The van der Waals surface area contributed by atoms with Crippen LogP contribution in [0.4, 0.5) is 0 Å². The van der Waals surface area contributed by atoms with E-state index in [9.17, 15) is 9.90 Å². The summed E-state index contributed by atoms with van der Waals surface area (Å²) in [5.74, 6) is -0.423. The van der Waals surface area contributed by atoms with Gasteiger partial charge in [0.2, 0.25) is 0 Å². The average molecular weight is 483 g/mol. The van der Waals surface area contributed by atoms with Gasteiger partial charge in [0.15, 0.2) is 0 Å². The van der Waals surface area contributed by atoms with Crippen LogP contribution in [0.1, 0.15) is 54.4 Å². The molecule has 34 heavy (non-hydrogen) atoms. The molecule has 0 aliphatic rings. The number of carbonyl (C=O) groups is 1. The SMILES string of the molecule is CC/C(=C\CC(=O)OC)[C@@H](C)[C@H](O)[C@@H](C)CO[Si](c1ccccc1)(c1ccccc1)C(C)(C)C. The predicted molar refractivity (Wildman–Crippen MR) is 143 cm³/mol. The fourth-order valence-corrected chi connectivity index (χ4v) is 9.45. The van der Waals surface area contributed by atoms with E-state index in [-0.39, 0.29) is 29.3 Å². The second-order valence-corrected chi connectivity index (χ2v) is 14.4. The molecule has 5 heteroatoms. The number of methoxy groups -OCH3 is 1. The van der Waals surface area contributed by atoms with Gasteiger partial charge >= 0.3 is 5.97 Å². The first-order valence-corrected chi connectivity index (χ1v) is 14.2. The van der Waals surface area contributed by atoms with Crippen LogP contribution in [0.15, 0.2) is 72.3 Å². The van der Waals surface area contributed by atoms with E-state index >= 15 is 0 Å². The molecule has 3 atom stereocenters. The zero-order valence-electron chi connectivity index (χ0n) is 21.9. The van der Waals surface area contributed by atoms with Gasteiger partial charge in [-0.05, 0) is 21.8 Å². The molecule has 0 aliphatic carbocycles. The highest BCUT2D eigenvalue weighted by atomic mass is 28.4. The lowest BCUT2D eigenvalue weighted by molar-refractivity contribution is -0.139. The van der Waals surface area contributed by atoms with Gasteiger partial charge in [-0.15, -0.1) is 0 Å². The first kappa shape index (κ1) is 28.0. The minimum Gasteiger partial charge on any atom is -0.469 e. The topological polar surface area (TPSA) is 55.8 Å². The van der Waals surface area contributed by atoms with Crippen LogP contribution in [0.25, 0.3) is 0 Å². The summed E-state index contributed by atoms with van der Waals surface area (Å²) in [6.07, 6.45) is 2.32. The number of aliphatic hydroxyl groups is 1. The minimum atomic E-state index is -2.65. The summed E-state index contributed by atoms with van der Waals surface area (Å²) in [6, 6.07) is 21.1. The summed E-state index contributed by atoms with van der Waals surface area (Å²) < 4.78 is 11.8. The standard InChI is InChI=1S/C29H42O4Si/c1-8-24(19-20-27(30)32-7)23(3)28(31)22(2)21-33-34(29(4,5)6,25-15-11-9-12-16-25)26-17-13-10-14-18-26/h9-19,22-23,28,31H,8,20-21H2,1-7H3/b24-19+/t22-,23+,28+/m0/s1. The van der Waals surface area contributed by atoms with E-state index in [1.165, 1.54) is 17.5 Å². The maximum absolute atomic E-state index is 11.6. The Bertz CT molecular complexity index is 879. The van der Waals surface area contributed by atoms with E-state index in [1.807, 2.05) is 32.1 Å². The largest absolute Gasteiger partial charge is 0.469 e. The first-order valence-electron chi connectivity index (χ1n) is 12.3. The van der Waals surface area contributed by atoms with Crippen molar-refractivity contribution in [3.05, 3.63) is 72.3 Å². The number of hydrogen-bond donors (Lipinski definition) is 1. The molecule has 0 spiro atoms. The zero-order valence-corrected chi connectivity index (χ0v) is 22.9. The molecule has 0 bridgehead atoms. The van der Waals surface area contributed by atoms with Gasteiger partial charge in [0.05, 0.1) is 19.6 Å². The molecule has 0 amide bonds. The molecule has 0 heterocycles. The van der Waals surface area contributed by atoms with Gasteiger partial charge in [-0.2, -0.15) is 0 Å². The Morgan fingerprint density at radius 1 is 1.00 bits per heavy atom. The Morgan fingerprint density at radius 2 is 1.50 bits per heavy atom. The van der Waals surface area contributed by atoms with Gasteiger partial charge in [-0.25, -0.2) is 0 Å². The van der Waals surface area contributed by atoms with Crippen molar-refractivity contribution in [2.24, 2.45) is 11.8 Å². The summed E-state index contributed by atoms with van der Waals surface area (Å²) >= 11 is 0. The van der Waals surface area contributed by atoms with Crippen molar-refractivity contribution in [3.63, 3.8) is 0 Å². The normalized spacial score (nSPS) is 15.5. The van der Waals surface area contributed by atoms with E-state index in [1.54, 1.807) is 0 Å². The molecule has 186 valence electrons. The van der Waals surface area contributed by atoms with Gasteiger partial charge in [0.25, 0.3) is 8.32 Å². The number of hydrogen-bond acceptors (Lipinski definition) is 4. The second-order valence-electron chi connectivity index (χ2n) is 10.1. The van der Waals surface area contributed by atoms with Crippen LogP contribution in [-0.4, -0.2) is 39.2 Å². The molecule has 0 saturated heterocycles. The summed E-state index contributed by atoms with van der Waals surface area (Å²) in [5.41, 5.74) is 1.06. The smallest absolute Gasteiger partial charge is 0.309 e. The molecule has 2 rings (SSSR count). The van der Waals surface area contributed by atoms with Gasteiger partial charge in [0, 0.05) is 18.4 Å². The lowest BCUT2D eigenvalue weighted by Crippen LogP contribution is -2.67. The van der Waals surface area contributed by atoms with Gasteiger partial charge < -0.3 is 14.3 Å². The molecule has 4 nitrogen and oxygen atoms in total. The maximum atomic E-state index is 11.6. The van der Waals surface area contributed by atoms with Crippen molar-refractivity contribution < 1.29 is 19.1 Å². The highest BCUT2D eigenvalue weighted by Gasteiger charge is 2.50. The number of aliphatic hydroxyl groups excluding tert-OH is 1. The molecule has 0 saturated carbocycles. The van der Waals surface area contributed by atoms with Crippen molar-refractivity contribution in [2.45, 2.75) is 65.5 Å². The monoisotopic (exact) mass is 482 g/mol. The number of esters is 1.